The number of fused-ring (bicyclic) bond motifs is 2. The SMILES string of the molecule is C[C@H](Cn1c(=O)oc2ccccc21)NC(=O)CCCc1nc2ccccc2s1. The van der Waals surface area contributed by atoms with E-state index in [9.17, 15) is 9.59 Å². The molecule has 0 aliphatic carbocycles. The minimum absolute atomic E-state index is 0.0190. The molecule has 0 saturated carbocycles. The highest BCUT2D eigenvalue weighted by molar-refractivity contribution is 7.18. The van der Waals surface area contributed by atoms with Gasteiger partial charge in [0.25, 0.3) is 0 Å². The van der Waals surface area contributed by atoms with Crippen molar-refractivity contribution in [3.05, 3.63) is 64.1 Å². The third-order valence-corrected chi connectivity index (χ3v) is 5.67. The number of benzene rings is 2. The fourth-order valence-electron chi connectivity index (χ4n) is 3.28. The Hall–Kier alpha value is -2.93. The minimum Gasteiger partial charge on any atom is -0.408 e. The van der Waals surface area contributed by atoms with Gasteiger partial charge in [-0.3, -0.25) is 9.36 Å². The first-order valence-corrected chi connectivity index (χ1v) is 10.1. The average Bonchev–Trinajstić information content (AvgIpc) is 3.22. The van der Waals surface area contributed by atoms with E-state index in [1.807, 2.05) is 43.3 Å². The lowest BCUT2D eigenvalue weighted by Gasteiger charge is -2.14. The number of aromatic nitrogens is 2. The Morgan fingerprint density at radius 3 is 2.86 bits per heavy atom. The predicted molar refractivity (Wildman–Crippen MR) is 111 cm³/mol. The van der Waals surface area contributed by atoms with Crippen LogP contribution < -0.4 is 11.1 Å². The van der Waals surface area contributed by atoms with Gasteiger partial charge in [-0.1, -0.05) is 24.3 Å². The maximum absolute atomic E-state index is 12.3. The molecule has 6 nitrogen and oxygen atoms in total. The van der Waals surface area contributed by atoms with Crippen LogP contribution in [0.2, 0.25) is 0 Å². The molecule has 1 amide bonds. The van der Waals surface area contributed by atoms with E-state index in [0.29, 0.717) is 18.5 Å². The molecule has 0 radical (unpaired) electrons. The van der Waals surface area contributed by atoms with E-state index >= 15 is 0 Å². The van der Waals surface area contributed by atoms with E-state index in [1.54, 1.807) is 22.0 Å². The molecule has 0 spiro atoms. The molecule has 4 aromatic rings. The average molecular weight is 395 g/mol. The molecule has 4 rings (SSSR count). The maximum Gasteiger partial charge on any atom is 0.420 e. The Bertz CT molecular complexity index is 1140. The number of thiazole rings is 1. The van der Waals surface area contributed by atoms with E-state index in [2.05, 4.69) is 16.4 Å². The molecule has 0 unspecified atom stereocenters. The largest absolute Gasteiger partial charge is 0.420 e. The number of para-hydroxylation sites is 3. The number of hydrogen-bond acceptors (Lipinski definition) is 5. The third kappa shape index (κ3) is 3.99. The highest BCUT2D eigenvalue weighted by Crippen LogP contribution is 2.22. The van der Waals surface area contributed by atoms with Gasteiger partial charge in [0.15, 0.2) is 5.58 Å². The van der Waals surface area contributed by atoms with E-state index in [0.717, 1.165) is 28.9 Å². The molecule has 0 bridgehead atoms. The Kier molecular flexibility index (Phi) is 5.25. The molecule has 2 heterocycles. The second-order valence-electron chi connectivity index (χ2n) is 6.84. The summed E-state index contributed by atoms with van der Waals surface area (Å²) < 4.78 is 7.96. The smallest absolute Gasteiger partial charge is 0.408 e. The molecule has 2 aromatic heterocycles. The minimum atomic E-state index is -0.405. The summed E-state index contributed by atoms with van der Waals surface area (Å²) in [7, 11) is 0. The van der Waals surface area contributed by atoms with Crippen molar-refractivity contribution in [2.24, 2.45) is 0 Å². The number of amides is 1. The first-order valence-electron chi connectivity index (χ1n) is 9.32. The van der Waals surface area contributed by atoms with Gasteiger partial charge < -0.3 is 9.73 Å². The van der Waals surface area contributed by atoms with E-state index in [4.69, 9.17) is 4.42 Å². The first kappa shape index (κ1) is 18.4. The van der Waals surface area contributed by atoms with Gasteiger partial charge >= 0.3 is 5.76 Å². The molecule has 0 saturated heterocycles. The fraction of sp³-hybridized carbons (Fsp3) is 0.286. The first-order chi connectivity index (χ1) is 13.6. The summed E-state index contributed by atoms with van der Waals surface area (Å²) in [5.41, 5.74) is 2.31. The van der Waals surface area contributed by atoms with Crippen molar-refractivity contribution in [2.75, 3.05) is 0 Å². The van der Waals surface area contributed by atoms with Gasteiger partial charge in [-0.25, -0.2) is 9.78 Å². The lowest BCUT2D eigenvalue weighted by atomic mass is 10.2. The summed E-state index contributed by atoms with van der Waals surface area (Å²) in [6, 6.07) is 15.2. The highest BCUT2D eigenvalue weighted by Gasteiger charge is 2.14. The van der Waals surface area contributed by atoms with E-state index in [-0.39, 0.29) is 11.9 Å². The summed E-state index contributed by atoms with van der Waals surface area (Å²) in [5.74, 6) is -0.424. The van der Waals surface area contributed by atoms with Gasteiger partial charge in [0.1, 0.15) is 0 Å². The van der Waals surface area contributed by atoms with Crippen LogP contribution in [0.4, 0.5) is 0 Å². The van der Waals surface area contributed by atoms with Crippen molar-refractivity contribution in [1.82, 2.24) is 14.9 Å². The van der Waals surface area contributed by atoms with Crippen LogP contribution in [0.1, 0.15) is 24.8 Å². The molecule has 0 aliphatic rings. The van der Waals surface area contributed by atoms with Crippen molar-refractivity contribution >= 4 is 38.6 Å². The summed E-state index contributed by atoms with van der Waals surface area (Å²) in [4.78, 5) is 28.9. The quantitative estimate of drug-likeness (QED) is 0.517. The Morgan fingerprint density at radius 1 is 1.21 bits per heavy atom. The number of aryl methyl sites for hydroxylation is 1. The second kappa shape index (κ2) is 7.98. The standard InChI is InChI=1S/C21H21N3O3S/c1-14(13-24-16-8-3-4-9-17(16)27-21(24)26)22-19(25)11-6-12-20-23-15-7-2-5-10-18(15)28-20/h2-5,7-10,14H,6,11-13H2,1H3,(H,22,25)/t14-/m1/s1. The lowest BCUT2D eigenvalue weighted by molar-refractivity contribution is -0.121. The van der Waals surface area contributed by atoms with Gasteiger partial charge in [0, 0.05) is 19.0 Å². The van der Waals surface area contributed by atoms with Crippen molar-refractivity contribution in [3.63, 3.8) is 0 Å². The van der Waals surface area contributed by atoms with Crippen LogP contribution in [0.3, 0.4) is 0 Å². The van der Waals surface area contributed by atoms with Crippen LogP contribution in [-0.2, 0) is 17.8 Å². The van der Waals surface area contributed by atoms with Crippen LogP contribution >= 0.6 is 11.3 Å². The Labute approximate surface area is 165 Å². The number of hydrogen-bond donors (Lipinski definition) is 1. The van der Waals surface area contributed by atoms with Gasteiger partial charge in [0.05, 0.1) is 20.7 Å². The number of carbonyl (C=O) groups excluding carboxylic acids is 1. The molecule has 0 fully saturated rings. The Morgan fingerprint density at radius 2 is 2.00 bits per heavy atom. The molecule has 2 aromatic carbocycles. The maximum atomic E-state index is 12.3. The van der Waals surface area contributed by atoms with Crippen molar-refractivity contribution < 1.29 is 9.21 Å². The van der Waals surface area contributed by atoms with Gasteiger partial charge in [-0.2, -0.15) is 0 Å². The topological polar surface area (TPSA) is 77.1 Å². The van der Waals surface area contributed by atoms with Crippen molar-refractivity contribution in [2.45, 2.75) is 38.8 Å². The number of rotatable bonds is 7. The van der Waals surface area contributed by atoms with Crippen molar-refractivity contribution in [3.8, 4) is 0 Å². The number of nitrogens with one attached hydrogen (secondary N) is 1. The summed E-state index contributed by atoms with van der Waals surface area (Å²) >= 11 is 1.68. The molecule has 28 heavy (non-hydrogen) atoms. The number of carbonyl (C=O) groups is 1. The number of nitrogens with zero attached hydrogens (tertiary/aromatic N) is 2. The highest BCUT2D eigenvalue weighted by atomic mass is 32.1. The second-order valence-corrected chi connectivity index (χ2v) is 7.96. The van der Waals surface area contributed by atoms with Crippen LogP contribution in [0, 0.1) is 0 Å². The lowest BCUT2D eigenvalue weighted by Crippen LogP contribution is -2.37. The summed E-state index contributed by atoms with van der Waals surface area (Å²) in [5, 5.41) is 4.02. The zero-order valence-electron chi connectivity index (χ0n) is 15.6. The van der Waals surface area contributed by atoms with Crippen molar-refractivity contribution in [1.29, 1.82) is 0 Å². The zero-order chi connectivity index (χ0) is 19.5. The summed E-state index contributed by atoms with van der Waals surface area (Å²) in [6.45, 7) is 2.26. The van der Waals surface area contributed by atoms with Crippen LogP contribution in [0.15, 0.2) is 57.7 Å². The zero-order valence-corrected chi connectivity index (χ0v) is 16.4. The van der Waals surface area contributed by atoms with Crippen LogP contribution in [0.5, 0.6) is 0 Å². The number of oxazole rings is 1. The Balaban J connectivity index is 1.29. The summed E-state index contributed by atoms with van der Waals surface area (Å²) in [6.07, 6.45) is 1.96. The molecule has 144 valence electrons. The van der Waals surface area contributed by atoms with Gasteiger partial charge in [-0.05, 0) is 44.0 Å². The molecule has 7 heteroatoms. The molecular weight excluding hydrogens is 374 g/mol. The van der Waals surface area contributed by atoms with E-state index in [1.165, 1.54) is 4.70 Å². The van der Waals surface area contributed by atoms with E-state index < -0.39 is 5.76 Å². The third-order valence-electron chi connectivity index (χ3n) is 4.57. The predicted octanol–water partition coefficient (Wildman–Crippen LogP) is 3.73. The molecular formula is C21H21N3O3S. The fourth-order valence-corrected chi connectivity index (χ4v) is 4.29. The molecule has 1 atom stereocenters. The molecule has 0 aliphatic heterocycles. The van der Waals surface area contributed by atoms with Crippen LogP contribution in [0.25, 0.3) is 21.3 Å². The normalized spacial score (nSPS) is 12.5. The monoisotopic (exact) mass is 395 g/mol. The molecule has 1 N–H and O–H groups in total. The van der Waals surface area contributed by atoms with Gasteiger partial charge in [0.2, 0.25) is 5.91 Å². The van der Waals surface area contributed by atoms with Gasteiger partial charge in [-0.15, -0.1) is 11.3 Å². The van der Waals surface area contributed by atoms with Crippen LogP contribution in [-0.4, -0.2) is 21.5 Å².